The quantitative estimate of drug-likeness (QED) is 0.705. The van der Waals surface area contributed by atoms with Crippen molar-refractivity contribution in [2.45, 2.75) is 13.0 Å². The van der Waals surface area contributed by atoms with Crippen LogP contribution in [0.1, 0.15) is 27.5 Å². The van der Waals surface area contributed by atoms with Crippen molar-refractivity contribution in [2.24, 2.45) is 0 Å². The number of hydrogen-bond donors (Lipinski definition) is 1. The van der Waals surface area contributed by atoms with Crippen LogP contribution < -0.4 is 5.56 Å². The molecule has 1 N–H and O–H groups in total. The van der Waals surface area contributed by atoms with Crippen molar-refractivity contribution in [3.05, 3.63) is 60.7 Å². The largest absolute Gasteiger partial charge is 0.478 e. The average Bonchev–Trinajstić information content (AvgIpc) is 3.14. The smallest absolute Gasteiger partial charge is 0.335 e. The highest BCUT2D eigenvalue weighted by Gasteiger charge is 2.21. The van der Waals surface area contributed by atoms with Crippen LogP contribution in [0.25, 0.3) is 22.6 Å². The molecule has 0 amide bonds. The molecule has 0 radical (unpaired) electrons. The van der Waals surface area contributed by atoms with Gasteiger partial charge >= 0.3 is 5.97 Å². The minimum atomic E-state index is -1.03. The van der Waals surface area contributed by atoms with Crippen LogP contribution in [0, 0.1) is 0 Å². The predicted molar refractivity (Wildman–Crippen MR) is 97.5 cm³/mol. The number of carboxylic acid groups (broad SMARTS) is 1. The number of benzene rings is 1. The Hall–Kier alpha value is -2.25. The standard InChI is InChI=1S/C17H11BrN2O3S/c18-14-4-2-11(24-14)7-9-5-6-20-15(9)19-13-8-10(17(22)23)1-3-12(13)16(20)21/h1-4,7-8H,5-6H2,(H,22,23)/b9-7+. The third-order valence-corrected chi connectivity index (χ3v) is 5.58. The Morgan fingerprint density at radius 2 is 2.17 bits per heavy atom. The number of carbonyl (C=O) groups is 1. The zero-order valence-electron chi connectivity index (χ0n) is 12.3. The Kier molecular flexibility index (Phi) is 3.62. The van der Waals surface area contributed by atoms with Crippen LogP contribution in [-0.4, -0.2) is 20.6 Å². The highest BCUT2D eigenvalue weighted by Crippen LogP contribution is 2.31. The van der Waals surface area contributed by atoms with Crippen molar-refractivity contribution in [3.8, 4) is 0 Å². The first-order valence-electron chi connectivity index (χ1n) is 7.27. The molecule has 0 atom stereocenters. The number of nitrogens with zero attached hydrogens (tertiary/aromatic N) is 2. The lowest BCUT2D eigenvalue weighted by Crippen LogP contribution is -2.20. The van der Waals surface area contributed by atoms with Crippen molar-refractivity contribution in [1.29, 1.82) is 0 Å². The third kappa shape index (κ3) is 2.50. The summed E-state index contributed by atoms with van der Waals surface area (Å²) in [5.74, 6) is -0.405. The monoisotopic (exact) mass is 402 g/mol. The molecule has 0 saturated carbocycles. The van der Waals surface area contributed by atoms with Crippen LogP contribution in [0.15, 0.2) is 38.9 Å². The zero-order chi connectivity index (χ0) is 16.8. The van der Waals surface area contributed by atoms with Gasteiger partial charge in [0.25, 0.3) is 5.56 Å². The Morgan fingerprint density at radius 1 is 1.33 bits per heavy atom. The van der Waals surface area contributed by atoms with Gasteiger partial charge in [0.1, 0.15) is 5.82 Å². The minimum Gasteiger partial charge on any atom is -0.478 e. The molecule has 0 unspecified atom stereocenters. The lowest BCUT2D eigenvalue weighted by molar-refractivity contribution is 0.0697. The maximum absolute atomic E-state index is 12.6. The maximum Gasteiger partial charge on any atom is 0.335 e. The van der Waals surface area contributed by atoms with Gasteiger partial charge in [0.2, 0.25) is 0 Å². The van der Waals surface area contributed by atoms with Crippen LogP contribution in [0.2, 0.25) is 0 Å². The van der Waals surface area contributed by atoms with E-state index < -0.39 is 5.97 Å². The number of fused-ring (bicyclic) bond motifs is 2. The molecule has 0 saturated heterocycles. The lowest BCUT2D eigenvalue weighted by Gasteiger charge is -2.06. The number of aromatic nitrogens is 2. The molecule has 1 aromatic carbocycles. The number of hydrogen-bond acceptors (Lipinski definition) is 4. The van der Waals surface area contributed by atoms with Crippen molar-refractivity contribution in [1.82, 2.24) is 9.55 Å². The van der Waals surface area contributed by atoms with Gasteiger partial charge < -0.3 is 5.11 Å². The molecular formula is C17H11BrN2O3S. The number of aromatic carboxylic acids is 1. The second kappa shape index (κ2) is 5.68. The minimum absolute atomic E-state index is 0.123. The summed E-state index contributed by atoms with van der Waals surface area (Å²) in [4.78, 5) is 29.4. The van der Waals surface area contributed by atoms with Gasteiger partial charge in [-0.15, -0.1) is 11.3 Å². The summed E-state index contributed by atoms with van der Waals surface area (Å²) in [7, 11) is 0. The Balaban J connectivity index is 1.91. The molecule has 3 heterocycles. The highest BCUT2D eigenvalue weighted by atomic mass is 79.9. The van der Waals surface area contributed by atoms with Gasteiger partial charge in [-0.05, 0) is 64.3 Å². The fourth-order valence-electron chi connectivity index (χ4n) is 2.87. The first kappa shape index (κ1) is 15.3. The molecule has 3 aromatic rings. The number of allylic oxidation sites excluding steroid dienone is 1. The summed E-state index contributed by atoms with van der Waals surface area (Å²) < 4.78 is 2.71. The van der Waals surface area contributed by atoms with Gasteiger partial charge in [-0.1, -0.05) is 0 Å². The molecule has 1 aliphatic rings. The second-order valence-electron chi connectivity index (χ2n) is 5.49. The van der Waals surface area contributed by atoms with Gasteiger partial charge in [0.15, 0.2) is 0 Å². The van der Waals surface area contributed by atoms with Crippen molar-refractivity contribution < 1.29 is 9.90 Å². The first-order valence-corrected chi connectivity index (χ1v) is 8.88. The molecule has 0 fully saturated rings. The topological polar surface area (TPSA) is 72.2 Å². The zero-order valence-corrected chi connectivity index (χ0v) is 14.7. The second-order valence-corrected chi connectivity index (χ2v) is 7.99. The van der Waals surface area contributed by atoms with Crippen LogP contribution in [-0.2, 0) is 6.54 Å². The summed E-state index contributed by atoms with van der Waals surface area (Å²) in [6.45, 7) is 0.593. The molecule has 2 aromatic heterocycles. The molecule has 1 aliphatic heterocycles. The fraction of sp³-hybridized carbons (Fsp3) is 0.118. The number of carboxylic acids is 1. The summed E-state index contributed by atoms with van der Waals surface area (Å²) in [5, 5.41) is 9.58. The molecule has 120 valence electrons. The Bertz CT molecular complexity index is 1080. The molecule has 0 spiro atoms. The van der Waals surface area contributed by atoms with Crippen LogP contribution in [0.5, 0.6) is 0 Å². The Morgan fingerprint density at radius 3 is 2.88 bits per heavy atom. The van der Waals surface area contributed by atoms with E-state index in [1.165, 1.54) is 12.1 Å². The maximum atomic E-state index is 12.6. The first-order chi connectivity index (χ1) is 11.5. The summed E-state index contributed by atoms with van der Waals surface area (Å²) >= 11 is 5.05. The molecule has 5 nitrogen and oxygen atoms in total. The predicted octanol–water partition coefficient (Wildman–Crippen LogP) is 3.86. The van der Waals surface area contributed by atoms with Crippen molar-refractivity contribution >= 4 is 55.8 Å². The number of thiophene rings is 1. The van der Waals surface area contributed by atoms with E-state index >= 15 is 0 Å². The SMILES string of the molecule is O=C(O)c1ccc2c(=O)n3c(nc2c1)/C(=C/c1ccc(Br)s1)CC3. The number of halogens is 1. The van der Waals surface area contributed by atoms with Crippen LogP contribution >= 0.6 is 27.3 Å². The van der Waals surface area contributed by atoms with E-state index in [1.807, 2.05) is 18.2 Å². The van der Waals surface area contributed by atoms with E-state index in [4.69, 9.17) is 5.11 Å². The molecule has 4 rings (SSSR count). The van der Waals surface area contributed by atoms with Gasteiger partial charge in [-0.3, -0.25) is 9.36 Å². The van der Waals surface area contributed by atoms with Gasteiger partial charge in [0, 0.05) is 11.4 Å². The van der Waals surface area contributed by atoms with Crippen molar-refractivity contribution in [3.63, 3.8) is 0 Å². The number of rotatable bonds is 2. The third-order valence-electron chi connectivity index (χ3n) is 4.00. The van der Waals surface area contributed by atoms with Gasteiger partial charge in [-0.2, -0.15) is 0 Å². The Labute approximate surface area is 149 Å². The van der Waals surface area contributed by atoms with E-state index in [-0.39, 0.29) is 11.1 Å². The van der Waals surface area contributed by atoms with Gasteiger partial charge in [-0.25, -0.2) is 9.78 Å². The summed E-state index contributed by atoms with van der Waals surface area (Å²) in [6.07, 6.45) is 2.77. The summed E-state index contributed by atoms with van der Waals surface area (Å²) in [6, 6.07) is 8.42. The van der Waals surface area contributed by atoms with E-state index in [0.29, 0.717) is 23.3 Å². The molecule has 0 aliphatic carbocycles. The van der Waals surface area contributed by atoms with Crippen molar-refractivity contribution in [2.75, 3.05) is 0 Å². The van der Waals surface area contributed by atoms with E-state index in [2.05, 4.69) is 20.9 Å². The normalized spacial score (nSPS) is 15.1. The average molecular weight is 403 g/mol. The van der Waals surface area contributed by atoms with Gasteiger partial charge in [0.05, 0.1) is 20.3 Å². The van der Waals surface area contributed by atoms with Crippen LogP contribution in [0.4, 0.5) is 0 Å². The molecule has 7 heteroatoms. The highest BCUT2D eigenvalue weighted by molar-refractivity contribution is 9.11. The lowest BCUT2D eigenvalue weighted by atomic mass is 10.1. The molecule has 24 heavy (non-hydrogen) atoms. The molecular weight excluding hydrogens is 392 g/mol. The van der Waals surface area contributed by atoms with E-state index in [0.717, 1.165) is 20.7 Å². The fourth-order valence-corrected chi connectivity index (χ4v) is 4.26. The van der Waals surface area contributed by atoms with E-state index in [9.17, 15) is 9.59 Å². The van der Waals surface area contributed by atoms with Crippen LogP contribution in [0.3, 0.4) is 0 Å². The summed E-state index contributed by atoms with van der Waals surface area (Å²) in [5.41, 5.74) is 1.42. The molecule has 0 bridgehead atoms. The van der Waals surface area contributed by atoms with E-state index in [1.54, 1.807) is 22.0 Å².